The molecule has 3 heteroatoms. The van der Waals surface area contributed by atoms with Crippen LogP contribution in [-0.4, -0.2) is 29.4 Å². The zero-order valence-electron chi connectivity index (χ0n) is 11.8. The molecule has 0 unspecified atom stereocenters. The summed E-state index contributed by atoms with van der Waals surface area (Å²) >= 11 is 0. The van der Waals surface area contributed by atoms with Crippen LogP contribution in [0.5, 0.6) is 0 Å². The fraction of sp³-hybridized carbons (Fsp3) is 0.929. The Morgan fingerprint density at radius 1 is 1.24 bits per heavy atom. The molecule has 100 valence electrons. The summed E-state index contributed by atoms with van der Waals surface area (Å²) in [5, 5.41) is 0. The number of carbonyl (C=O) groups excluding carboxylic acids is 1. The van der Waals surface area contributed by atoms with E-state index in [0.717, 1.165) is 32.2 Å². The minimum Gasteiger partial charge on any atom is -0.340 e. The van der Waals surface area contributed by atoms with Gasteiger partial charge < -0.3 is 10.6 Å². The molecule has 2 N–H and O–H groups in total. The van der Waals surface area contributed by atoms with Gasteiger partial charge in [-0.2, -0.15) is 0 Å². The van der Waals surface area contributed by atoms with E-state index in [9.17, 15) is 4.79 Å². The summed E-state index contributed by atoms with van der Waals surface area (Å²) in [7, 11) is 0. The lowest BCUT2D eigenvalue weighted by Gasteiger charge is -2.36. The highest BCUT2D eigenvalue weighted by Gasteiger charge is 2.28. The van der Waals surface area contributed by atoms with Gasteiger partial charge in [0.2, 0.25) is 5.91 Å². The van der Waals surface area contributed by atoms with Crippen LogP contribution in [-0.2, 0) is 4.79 Å². The van der Waals surface area contributed by atoms with Crippen LogP contribution in [0.25, 0.3) is 0 Å². The molecule has 1 amide bonds. The van der Waals surface area contributed by atoms with E-state index in [1.165, 1.54) is 0 Å². The molecule has 0 bridgehead atoms. The third-order valence-electron chi connectivity index (χ3n) is 3.52. The minimum absolute atomic E-state index is 0.0789. The Morgan fingerprint density at radius 2 is 1.76 bits per heavy atom. The molecule has 1 saturated carbocycles. The Bertz CT molecular complexity index is 249. The van der Waals surface area contributed by atoms with Crippen LogP contribution in [0.2, 0.25) is 0 Å². The van der Waals surface area contributed by atoms with Gasteiger partial charge in [-0.3, -0.25) is 4.79 Å². The van der Waals surface area contributed by atoms with Crippen LogP contribution in [0.15, 0.2) is 0 Å². The van der Waals surface area contributed by atoms with Crippen molar-refractivity contribution in [2.45, 2.75) is 71.9 Å². The quantitative estimate of drug-likeness (QED) is 0.824. The van der Waals surface area contributed by atoms with Crippen molar-refractivity contribution < 1.29 is 4.79 Å². The van der Waals surface area contributed by atoms with Gasteiger partial charge >= 0.3 is 0 Å². The van der Waals surface area contributed by atoms with Crippen LogP contribution >= 0.6 is 0 Å². The van der Waals surface area contributed by atoms with Gasteiger partial charge in [0.1, 0.15) is 0 Å². The molecule has 17 heavy (non-hydrogen) atoms. The highest BCUT2D eigenvalue weighted by atomic mass is 16.2. The molecule has 0 spiro atoms. The highest BCUT2D eigenvalue weighted by Crippen LogP contribution is 2.25. The van der Waals surface area contributed by atoms with Crippen LogP contribution in [0, 0.1) is 5.41 Å². The number of hydrogen-bond donors (Lipinski definition) is 1. The standard InChI is InChI=1S/C14H28N2O/c1-5-16(13(17)10-14(2,3)4)12-8-6-11(15)7-9-12/h11-12H,5-10,15H2,1-4H3. The molecule has 0 atom stereocenters. The topological polar surface area (TPSA) is 46.3 Å². The molecular formula is C14H28N2O. The molecule has 0 aromatic rings. The van der Waals surface area contributed by atoms with Crippen molar-refractivity contribution in [3.05, 3.63) is 0 Å². The van der Waals surface area contributed by atoms with E-state index in [0.29, 0.717) is 24.4 Å². The van der Waals surface area contributed by atoms with Gasteiger partial charge in [0.25, 0.3) is 0 Å². The maximum atomic E-state index is 12.3. The second-order valence-electron chi connectivity index (χ2n) is 6.49. The predicted molar refractivity (Wildman–Crippen MR) is 71.7 cm³/mol. The monoisotopic (exact) mass is 240 g/mol. The number of amides is 1. The first-order valence-corrected chi connectivity index (χ1v) is 6.88. The summed E-state index contributed by atoms with van der Waals surface area (Å²) < 4.78 is 0. The maximum Gasteiger partial charge on any atom is 0.223 e. The first kappa shape index (κ1) is 14.5. The molecule has 1 aliphatic rings. The second-order valence-corrected chi connectivity index (χ2v) is 6.49. The lowest BCUT2D eigenvalue weighted by atomic mass is 9.88. The summed E-state index contributed by atoms with van der Waals surface area (Å²) in [5.41, 5.74) is 5.99. The molecule has 1 rings (SSSR count). The van der Waals surface area contributed by atoms with Crippen molar-refractivity contribution in [1.29, 1.82) is 0 Å². The number of carbonyl (C=O) groups is 1. The SMILES string of the molecule is CCN(C(=O)CC(C)(C)C)C1CCC(N)CC1. The second kappa shape index (κ2) is 5.85. The van der Waals surface area contributed by atoms with E-state index in [4.69, 9.17) is 5.73 Å². The van der Waals surface area contributed by atoms with Crippen molar-refractivity contribution in [3.63, 3.8) is 0 Å². The third-order valence-corrected chi connectivity index (χ3v) is 3.52. The van der Waals surface area contributed by atoms with Crippen LogP contribution < -0.4 is 5.73 Å². The molecule has 3 nitrogen and oxygen atoms in total. The largest absolute Gasteiger partial charge is 0.340 e. The molecule has 0 aromatic carbocycles. The maximum absolute atomic E-state index is 12.3. The van der Waals surface area contributed by atoms with E-state index in [-0.39, 0.29) is 5.41 Å². The van der Waals surface area contributed by atoms with Gasteiger partial charge in [0, 0.05) is 25.0 Å². The summed E-state index contributed by atoms with van der Waals surface area (Å²) in [6, 6.07) is 0.775. The number of nitrogens with zero attached hydrogens (tertiary/aromatic N) is 1. The molecule has 1 fully saturated rings. The van der Waals surface area contributed by atoms with Crippen molar-refractivity contribution >= 4 is 5.91 Å². The number of nitrogens with two attached hydrogens (primary N) is 1. The van der Waals surface area contributed by atoms with Gasteiger partial charge in [-0.15, -0.1) is 0 Å². The van der Waals surface area contributed by atoms with Gasteiger partial charge in [-0.1, -0.05) is 20.8 Å². The molecule has 0 heterocycles. The predicted octanol–water partition coefficient (Wildman–Crippen LogP) is 2.54. The molecule has 1 aliphatic carbocycles. The third kappa shape index (κ3) is 4.66. The smallest absolute Gasteiger partial charge is 0.223 e. The summed E-state index contributed by atoms with van der Waals surface area (Å²) in [4.78, 5) is 14.3. The van der Waals surface area contributed by atoms with E-state index in [1.54, 1.807) is 0 Å². The number of hydrogen-bond acceptors (Lipinski definition) is 2. The van der Waals surface area contributed by atoms with E-state index < -0.39 is 0 Å². The lowest BCUT2D eigenvalue weighted by Crippen LogP contribution is -2.45. The summed E-state index contributed by atoms with van der Waals surface area (Å²) in [5.74, 6) is 0.306. The Balaban J connectivity index is 2.55. The summed E-state index contributed by atoms with van der Waals surface area (Å²) in [6.07, 6.45) is 4.91. The Labute approximate surface area is 106 Å². The number of rotatable bonds is 3. The Hall–Kier alpha value is -0.570. The van der Waals surface area contributed by atoms with Crippen molar-refractivity contribution in [1.82, 2.24) is 4.90 Å². The molecular weight excluding hydrogens is 212 g/mol. The van der Waals surface area contributed by atoms with Gasteiger partial charge in [-0.25, -0.2) is 0 Å². The zero-order chi connectivity index (χ0) is 13.1. The van der Waals surface area contributed by atoms with E-state index in [2.05, 4.69) is 32.6 Å². The van der Waals surface area contributed by atoms with Crippen LogP contribution in [0.4, 0.5) is 0 Å². The fourth-order valence-electron chi connectivity index (χ4n) is 2.61. The Kier molecular flexibility index (Phi) is 4.99. The highest BCUT2D eigenvalue weighted by molar-refractivity contribution is 5.77. The van der Waals surface area contributed by atoms with Gasteiger partial charge in [-0.05, 0) is 38.0 Å². The first-order valence-electron chi connectivity index (χ1n) is 6.88. The van der Waals surface area contributed by atoms with Crippen molar-refractivity contribution in [2.75, 3.05) is 6.54 Å². The van der Waals surface area contributed by atoms with Crippen LogP contribution in [0.1, 0.15) is 59.8 Å². The van der Waals surface area contributed by atoms with Crippen molar-refractivity contribution in [3.8, 4) is 0 Å². The minimum atomic E-state index is 0.0789. The summed E-state index contributed by atoms with van der Waals surface area (Å²) in [6.45, 7) is 9.27. The fourth-order valence-corrected chi connectivity index (χ4v) is 2.61. The van der Waals surface area contributed by atoms with Crippen molar-refractivity contribution in [2.24, 2.45) is 11.1 Å². The van der Waals surface area contributed by atoms with Gasteiger partial charge in [0.05, 0.1) is 0 Å². The normalized spacial score (nSPS) is 25.7. The molecule has 0 aliphatic heterocycles. The zero-order valence-corrected chi connectivity index (χ0v) is 11.8. The van der Waals surface area contributed by atoms with E-state index in [1.807, 2.05) is 0 Å². The average Bonchev–Trinajstić information content (AvgIpc) is 2.19. The Morgan fingerprint density at radius 3 is 2.18 bits per heavy atom. The average molecular weight is 240 g/mol. The van der Waals surface area contributed by atoms with Crippen LogP contribution in [0.3, 0.4) is 0 Å². The molecule has 0 aromatic heterocycles. The first-order chi connectivity index (χ1) is 7.83. The molecule has 0 radical (unpaired) electrons. The lowest BCUT2D eigenvalue weighted by molar-refractivity contribution is -0.135. The van der Waals surface area contributed by atoms with Gasteiger partial charge in [0.15, 0.2) is 0 Å². The molecule has 0 saturated heterocycles. The van der Waals surface area contributed by atoms with E-state index >= 15 is 0 Å².